The van der Waals surface area contributed by atoms with Gasteiger partial charge in [0.25, 0.3) is 5.91 Å². The van der Waals surface area contributed by atoms with Crippen LogP contribution in [0, 0.1) is 5.92 Å². The molecule has 30 heavy (non-hydrogen) atoms. The molecule has 0 spiro atoms. The highest BCUT2D eigenvalue weighted by Gasteiger charge is 2.15. The molecule has 0 unspecified atom stereocenters. The molecule has 6 heteroatoms. The van der Waals surface area contributed by atoms with E-state index in [0.29, 0.717) is 29.6 Å². The Hall–Kier alpha value is -3.02. The van der Waals surface area contributed by atoms with Crippen LogP contribution in [0.15, 0.2) is 48.5 Å². The first-order valence-corrected chi connectivity index (χ1v) is 10.2. The van der Waals surface area contributed by atoms with E-state index < -0.39 is 5.97 Å². The first kappa shape index (κ1) is 23.3. The molecule has 2 rings (SSSR count). The van der Waals surface area contributed by atoms with Crippen molar-refractivity contribution < 1.29 is 23.8 Å². The highest BCUT2D eigenvalue weighted by atomic mass is 16.5. The molecule has 2 aromatic carbocycles. The molecular formula is C24H31NO5. The van der Waals surface area contributed by atoms with Gasteiger partial charge in [0.1, 0.15) is 0 Å². The van der Waals surface area contributed by atoms with Crippen molar-refractivity contribution >= 4 is 11.9 Å². The number of methoxy groups -OCH3 is 1. The van der Waals surface area contributed by atoms with Crippen molar-refractivity contribution in [3.8, 4) is 11.5 Å². The SMILES string of the molecule is COc1cc(C(=O)OCC(=O)N[C@@H](C)CCc2ccccc2)ccc1OCC(C)C. The fourth-order valence-electron chi connectivity index (χ4n) is 2.80. The van der Waals surface area contributed by atoms with Crippen LogP contribution in [-0.2, 0) is 16.0 Å². The number of hydrogen-bond acceptors (Lipinski definition) is 5. The van der Waals surface area contributed by atoms with Crippen LogP contribution < -0.4 is 14.8 Å². The zero-order valence-electron chi connectivity index (χ0n) is 18.1. The Bertz CT molecular complexity index is 820. The van der Waals surface area contributed by atoms with Crippen LogP contribution in [-0.4, -0.2) is 38.2 Å². The van der Waals surface area contributed by atoms with Gasteiger partial charge in [-0.1, -0.05) is 44.2 Å². The number of aryl methyl sites for hydroxylation is 1. The van der Waals surface area contributed by atoms with Crippen molar-refractivity contribution in [1.82, 2.24) is 5.32 Å². The highest BCUT2D eigenvalue weighted by molar-refractivity contribution is 5.92. The second kappa shape index (κ2) is 11.9. The molecule has 0 aromatic heterocycles. The van der Waals surface area contributed by atoms with Gasteiger partial charge in [-0.25, -0.2) is 4.79 Å². The Morgan fingerprint density at radius 2 is 1.73 bits per heavy atom. The fourth-order valence-corrected chi connectivity index (χ4v) is 2.80. The van der Waals surface area contributed by atoms with Gasteiger partial charge in [-0.3, -0.25) is 4.79 Å². The minimum absolute atomic E-state index is 0.0195. The average molecular weight is 414 g/mol. The van der Waals surface area contributed by atoms with E-state index in [-0.39, 0.29) is 18.6 Å². The van der Waals surface area contributed by atoms with Crippen molar-refractivity contribution in [3.63, 3.8) is 0 Å². The lowest BCUT2D eigenvalue weighted by atomic mass is 10.1. The molecule has 0 bridgehead atoms. The van der Waals surface area contributed by atoms with Crippen LogP contribution in [0.3, 0.4) is 0 Å². The van der Waals surface area contributed by atoms with Crippen molar-refractivity contribution in [2.24, 2.45) is 5.92 Å². The molecular weight excluding hydrogens is 382 g/mol. The van der Waals surface area contributed by atoms with E-state index in [1.807, 2.05) is 39.0 Å². The van der Waals surface area contributed by atoms with Gasteiger partial charge in [-0.05, 0) is 49.4 Å². The van der Waals surface area contributed by atoms with E-state index in [0.717, 1.165) is 12.8 Å². The second-order valence-corrected chi connectivity index (χ2v) is 7.64. The summed E-state index contributed by atoms with van der Waals surface area (Å²) in [5.74, 6) is 0.466. The van der Waals surface area contributed by atoms with Gasteiger partial charge < -0.3 is 19.5 Å². The lowest BCUT2D eigenvalue weighted by Gasteiger charge is -2.15. The zero-order valence-corrected chi connectivity index (χ0v) is 18.1. The van der Waals surface area contributed by atoms with Crippen LogP contribution in [0.1, 0.15) is 43.1 Å². The number of amides is 1. The van der Waals surface area contributed by atoms with Gasteiger partial charge in [0.15, 0.2) is 18.1 Å². The van der Waals surface area contributed by atoms with Crippen LogP contribution in [0.2, 0.25) is 0 Å². The lowest BCUT2D eigenvalue weighted by Crippen LogP contribution is -2.36. The zero-order chi connectivity index (χ0) is 21.9. The van der Waals surface area contributed by atoms with Crippen LogP contribution in [0.25, 0.3) is 0 Å². The van der Waals surface area contributed by atoms with Gasteiger partial charge in [0.2, 0.25) is 0 Å². The highest BCUT2D eigenvalue weighted by Crippen LogP contribution is 2.28. The topological polar surface area (TPSA) is 73.9 Å². The summed E-state index contributed by atoms with van der Waals surface area (Å²) in [4.78, 5) is 24.4. The lowest BCUT2D eigenvalue weighted by molar-refractivity contribution is -0.124. The predicted octanol–water partition coefficient (Wildman–Crippen LogP) is 4.02. The van der Waals surface area contributed by atoms with Crippen LogP contribution >= 0.6 is 0 Å². The smallest absolute Gasteiger partial charge is 0.338 e. The Kier molecular flexibility index (Phi) is 9.19. The normalized spacial score (nSPS) is 11.6. The van der Waals surface area contributed by atoms with E-state index in [1.165, 1.54) is 12.7 Å². The van der Waals surface area contributed by atoms with E-state index in [1.54, 1.807) is 18.2 Å². The third-order valence-electron chi connectivity index (χ3n) is 4.42. The van der Waals surface area contributed by atoms with Crippen molar-refractivity contribution in [1.29, 1.82) is 0 Å². The Balaban J connectivity index is 1.80. The van der Waals surface area contributed by atoms with E-state index in [4.69, 9.17) is 14.2 Å². The minimum atomic E-state index is -0.587. The number of benzene rings is 2. The number of nitrogens with one attached hydrogen (secondary N) is 1. The molecule has 1 atom stereocenters. The fraction of sp³-hybridized carbons (Fsp3) is 0.417. The van der Waals surface area contributed by atoms with E-state index in [2.05, 4.69) is 17.4 Å². The van der Waals surface area contributed by atoms with Crippen LogP contribution in [0.5, 0.6) is 11.5 Å². The first-order chi connectivity index (χ1) is 14.4. The second-order valence-electron chi connectivity index (χ2n) is 7.64. The van der Waals surface area contributed by atoms with Gasteiger partial charge in [-0.15, -0.1) is 0 Å². The maximum Gasteiger partial charge on any atom is 0.338 e. The number of ether oxygens (including phenoxy) is 3. The van der Waals surface area contributed by atoms with Gasteiger partial charge in [-0.2, -0.15) is 0 Å². The standard InChI is InChI=1S/C24H31NO5/c1-17(2)15-29-21-13-12-20(14-22(21)28-4)24(27)30-16-23(26)25-18(3)10-11-19-8-6-5-7-9-19/h5-9,12-14,17-18H,10-11,15-16H2,1-4H3,(H,25,26)/t18-/m0/s1. The third kappa shape index (κ3) is 7.78. The molecule has 0 saturated carbocycles. The number of rotatable bonds is 11. The molecule has 0 saturated heterocycles. The van der Waals surface area contributed by atoms with Gasteiger partial charge in [0, 0.05) is 6.04 Å². The molecule has 1 N–H and O–H groups in total. The number of carbonyl (C=O) groups excluding carboxylic acids is 2. The largest absolute Gasteiger partial charge is 0.493 e. The molecule has 0 radical (unpaired) electrons. The molecule has 0 aliphatic heterocycles. The quantitative estimate of drug-likeness (QED) is 0.563. The maximum absolute atomic E-state index is 12.3. The monoisotopic (exact) mass is 413 g/mol. The molecule has 0 heterocycles. The van der Waals surface area contributed by atoms with Crippen molar-refractivity contribution in [2.45, 2.75) is 39.7 Å². The summed E-state index contributed by atoms with van der Waals surface area (Å²) in [5.41, 5.74) is 1.52. The number of hydrogen-bond donors (Lipinski definition) is 1. The summed E-state index contributed by atoms with van der Waals surface area (Å²) in [5, 5.41) is 2.86. The van der Waals surface area contributed by atoms with Gasteiger partial charge >= 0.3 is 5.97 Å². The van der Waals surface area contributed by atoms with Gasteiger partial charge in [0.05, 0.1) is 19.3 Å². The third-order valence-corrected chi connectivity index (χ3v) is 4.42. The summed E-state index contributed by atoms with van der Waals surface area (Å²) >= 11 is 0. The van der Waals surface area contributed by atoms with Crippen molar-refractivity contribution in [3.05, 3.63) is 59.7 Å². The average Bonchev–Trinajstić information content (AvgIpc) is 2.75. The molecule has 1 amide bonds. The maximum atomic E-state index is 12.3. The summed E-state index contributed by atoms with van der Waals surface area (Å²) in [6.07, 6.45) is 1.67. The summed E-state index contributed by atoms with van der Waals surface area (Å²) in [6, 6.07) is 14.9. The van der Waals surface area contributed by atoms with E-state index in [9.17, 15) is 9.59 Å². The molecule has 6 nitrogen and oxygen atoms in total. The molecule has 0 aliphatic carbocycles. The molecule has 0 fully saturated rings. The van der Waals surface area contributed by atoms with Crippen LogP contribution in [0.4, 0.5) is 0 Å². The summed E-state index contributed by atoms with van der Waals surface area (Å²) < 4.78 is 16.1. The molecule has 2 aromatic rings. The Morgan fingerprint density at radius 1 is 1.00 bits per heavy atom. The first-order valence-electron chi connectivity index (χ1n) is 10.2. The summed E-state index contributed by atoms with van der Waals surface area (Å²) in [7, 11) is 1.51. The summed E-state index contributed by atoms with van der Waals surface area (Å²) in [6.45, 7) is 6.24. The van der Waals surface area contributed by atoms with E-state index >= 15 is 0 Å². The van der Waals surface area contributed by atoms with Crippen molar-refractivity contribution in [2.75, 3.05) is 20.3 Å². The minimum Gasteiger partial charge on any atom is -0.493 e. The Labute approximate surface area is 178 Å². The number of carbonyl (C=O) groups is 2. The predicted molar refractivity (Wildman–Crippen MR) is 116 cm³/mol. The Morgan fingerprint density at radius 3 is 2.40 bits per heavy atom. The molecule has 162 valence electrons. The number of esters is 1. The molecule has 0 aliphatic rings.